The van der Waals surface area contributed by atoms with E-state index in [9.17, 15) is 4.79 Å². The number of carbonyl (C=O) groups is 1. The van der Waals surface area contributed by atoms with Gasteiger partial charge in [-0.15, -0.1) is 0 Å². The minimum Gasteiger partial charge on any atom is -0.345 e. The van der Waals surface area contributed by atoms with Crippen molar-refractivity contribution in [3.8, 4) is 28.5 Å². The van der Waals surface area contributed by atoms with Gasteiger partial charge < -0.3 is 5.32 Å². The van der Waals surface area contributed by atoms with Gasteiger partial charge in [0.05, 0.1) is 23.3 Å². The second kappa shape index (κ2) is 9.76. The van der Waals surface area contributed by atoms with Crippen molar-refractivity contribution in [2.75, 3.05) is 0 Å². The molecule has 0 radical (unpaired) electrons. The normalized spacial score (nSPS) is 16.1. The molecule has 1 atom stereocenters. The predicted octanol–water partition coefficient (Wildman–Crippen LogP) is 6.41. The number of rotatable bonds is 6. The highest BCUT2D eigenvalue weighted by atomic mass is 16.1. The maximum atomic E-state index is 12.9. The summed E-state index contributed by atoms with van der Waals surface area (Å²) in [7, 11) is 0. The highest BCUT2D eigenvalue weighted by Crippen LogP contribution is 2.37. The number of benzene rings is 2. The summed E-state index contributed by atoms with van der Waals surface area (Å²) in [6.07, 6.45) is 7.80. The van der Waals surface area contributed by atoms with E-state index in [1.54, 1.807) is 6.20 Å². The molecule has 2 aliphatic rings. The van der Waals surface area contributed by atoms with Crippen molar-refractivity contribution < 1.29 is 4.79 Å². The Kier molecular flexibility index (Phi) is 5.73. The summed E-state index contributed by atoms with van der Waals surface area (Å²) in [5.74, 6) is 0.741. The zero-order valence-electron chi connectivity index (χ0n) is 23.2. The first-order chi connectivity index (χ1) is 20.6. The molecule has 8 rings (SSSR count). The number of amides is 1. The average Bonchev–Trinajstić information content (AvgIpc) is 3.44. The maximum Gasteiger partial charge on any atom is 0.253 e. The number of hydrogen-bond acceptors (Lipinski definition) is 5. The van der Waals surface area contributed by atoms with Crippen LogP contribution in [0.15, 0.2) is 91.3 Å². The summed E-state index contributed by atoms with van der Waals surface area (Å²) >= 11 is 0. The largest absolute Gasteiger partial charge is 0.345 e. The lowest BCUT2D eigenvalue weighted by atomic mass is 10.1. The molecule has 1 fully saturated rings. The number of nitrogens with zero attached hydrogens (tertiary/aromatic N) is 6. The van der Waals surface area contributed by atoms with Crippen molar-refractivity contribution in [2.45, 2.75) is 44.7 Å². The molecule has 4 heterocycles. The van der Waals surface area contributed by atoms with Gasteiger partial charge in [-0.2, -0.15) is 5.10 Å². The van der Waals surface area contributed by atoms with Gasteiger partial charge >= 0.3 is 0 Å². The molecule has 8 heteroatoms. The molecule has 0 unspecified atom stereocenters. The second-order valence-electron chi connectivity index (χ2n) is 11.2. The predicted molar refractivity (Wildman–Crippen MR) is 161 cm³/mol. The third-order valence-corrected chi connectivity index (χ3v) is 8.27. The fourth-order valence-corrected chi connectivity index (χ4v) is 5.88. The summed E-state index contributed by atoms with van der Waals surface area (Å²) in [6, 6.07) is 27.0. The zero-order valence-corrected chi connectivity index (χ0v) is 23.2. The molecule has 0 spiro atoms. The van der Waals surface area contributed by atoms with Gasteiger partial charge in [0.2, 0.25) is 0 Å². The molecule has 6 aromatic rings. The molecule has 2 aliphatic carbocycles. The SMILES string of the molecule is Cc1ccc(C(=O)N[C@H]2CCc3cc(-n4c(-c5ccccc5)nc5ccc(-c6ccn(C7CC7)n6)nc54)ccc32)cn1. The fourth-order valence-electron chi connectivity index (χ4n) is 5.88. The Hall–Kier alpha value is -5.11. The van der Waals surface area contributed by atoms with Crippen LogP contribution < -0.4 is 5.32 Å². The van der Waals surface area contributed by atoms with Crippen molar-refractivity contribution >= 4 is 17.1 Å². The molecule has 8 nitrogen and oxygen atoms in total. The highest BCUT2D eigenvalue weighted by molar-refractivity contribution is 5.94. The van der Waals surface area contributed by atoms with E-state index in [2.05, 4.69) is 56.1 Å². The van der Waals surface area contributed by atoms with Crippen LogP contribution in [0.25, 0.3) is 39.6 Å². The summed E-state index contributed by atoms with van der Waals surface area (Å²) in [6.45, 7) is 1.91. The van der Waals surface area contributed by atoms with Crippen molar-refractivity contribution in [1.82, 2.24) is 34.6 Å². The third kappa shape index (κ3) is 4.36. The van der Waals surface area contributed by atoms with E-state index in [0.717, 1.165) is 63.7 Å². The molecule has 1 saturated carbocycles. The van der Waals surface area contributed by atoms with Gasteiger partial charge in [-0.1, -0.05) is 36.4 Å². The second-order valence-corrected chi connectivity index (χ2v) is 11.2. The first kappa shape index (κ1) is 24.7. The molecule has 1 N–H and O–H groups in total. The van der Waals surface area contributed by atoms with Gasteiger partial charge in [-0.3, -0.25) is 19.0 Å². The van der Waals surface area contributed by atoms with Gasteiger partial charge in [0, 0.05) is 29.3 Å². The topological polar surface area (TPSA) is 90.5 Å². The number of fused-ring (bicyclic) bond motifs is 2. The van der Waals surface area contributed by atoms with Crippen molar-refractivity contribution in [3.63, 3.8) is 0 Å². The lowest BCUT2D eigenvalue weighted by Gasteiger charge is -2.15. The molecule has 206 valence electrons. The van der Waals surface area contributed by atoms with Crippen LogP contribution in [0.1, 0.15) is 58.5 Å². The fraction of sp³-hybridized carbons (Fsp3) is 0.206. The van der Waals surface area contributed by atoms with Crippen molar-refractivity contribution in [3.05, 3.63) is 114 Å². The lowest BCUT2D eigenvalue weighted by Crippen LogP contribution is -2.27. The average molecular weight is 552 g/mol. The Bertz CT molecular complexity index is 1950. The van der Waals surface area contributed by atoms with Crippen molar-refractivity contribution in [1.29, 1.82) is 0 Å². The summed E-state index contributed by atoms with van der Waals surface area (Å²) in [5, 5.41) is 8.02. The smallest absolute Gasteiger partial charge is 0.253 e. The van der Waals surface area contributed by atoms with E-state index in [0.29, 0.717) is 11.6 Å². The maximum absolute atomic E-state index is 12.9. The van der Waals surface area contributed by atoms with Crippen LogP contribution in [0.5, 0.6) is 0 Å². The third-order valence-electron chi connectivity index (χ3n) is 8.27. The van der Waals surface area contributed by atoms with Crippen LogP contribution in [-0.4, -0.2) is 35.2 Å². The molecule has 1 amide bonds. The van der Waals surface area contributed by atoms with Gasteiger partial charge in [-0.25, -0.2) is 9.97 Å². The van der Waals surface area contributed by atoms with Gasteiger partial charge in [0.25, 0.3) is 5.91 Å². The quantitative estimate of drug-likeness (QED) is 0.258. The number of imidazole rings is 1. The summed E-state index contributed by atoms with van der Waals surface area (Å²) in [5.41, 5.74) is 9.18. The van der Waals surface area contributed by atoms with E-state index in [1.807, 2.05) is 55.5 Å². The first-order valence-electron chi connectivity index (χ1n) is 14.5. The Morgan fingerprint density at radius 1 is 0.905 bits per heavy atom. The molecule has 0 saturated heterocycles. The van der Waals surface area contributed by atoms with Crippen LogP contribution in [0, 0.1) is 6.92 Å². The summed E-state index contributed by atoms with van der Waals surface area (Å²) in [4.78, 5) is 27.4. The van der Waals surface area contributed by atoms with Gasteiger partial charge in [0.1, 0.15) is 17.0 Å². The van der Waals surface area contributed by atoms with Crippen LogP contribution in [0.2, 0.25) is 0 Å². The number of hydrogen-bond donors (Lipinski definition) is 1. The molecule has 42 heavy (non-hydrogen) atoms. The number of nitrogens with one attached hydrogen (secondary N) is 1. The minimum absolute atomic E-state index is 0.0396. The van der Waals surface area contributed by atoms with Gasteiger partial charge in [0.15, 0.2) is 5.65 Å². The van der Waals surface area contributed by atoms with E-state index >= 15 is 0 Å². The van der Waals surface area contributed by atoms with E-state index in [4.69, 9.17) is 15.1 Å². The molecule has 0 bridgehead atoms. The molecule has 2 aromatic carbocycles. The Morgan fingerprint density at radius 3 is 2.60 bits per heavy atom. The van der Waals surface area contributed by atoms with Crippen LogP contribution >= 0.6 is 0 Å². The minimum atomic E-state index is -0.0998. The summed E-state index contributed by atoms with van der Waals surface area (Å²) < 4.78 is 4.20. The number of aryl methyl sites for hydroxylation is 2. The van der Waals surface area contributed by atoms with Crippen LogP contribution in [0.3, 0.4) is 0 Å². The molecular formula is C34H29N7O. The standard InChI is InChI=1S/C34H29N7O/c1-21-7-8-24(20-35-21)34(42)38-28-14-9-23-19-26(12-13-27(23)28)41-32(22-5-3-2-4-6-22)37-31-16-15-29(36-33(31)41)30-17-18-40(39-30)25-10-11-25/h2-8,12-13,15-20,25,28H,9-11,14H2,1H3,(H,38,42)/t28-/m0/s1. The van der Waals surface area contributed by atoms with Crippen LogP contribution in [-0.2, 0) is 6.42 Å². The molecule has 4 aromatic heterocycles. The number of aromatic nitrogens is 6. The first-order valence-corrected chi connectivity index (χ1v) is 14.5. The van der Waals surface area contributed by atoms with E-state index in [-0.39, 0.29) is 11.9 Å². The van der Waals surface area contributed by atoms with Crippen molar-refractivity contribution in [2.24, 2.45) is 0 Å². The van der Waals surface area contributed by atoms with E-state index < -0.39 is 0 Å². The Balaban J connectivity index is 1.18. The number of pyridine rings is 2. The molecule has 0 aliphatic heterocycles. The van der Waals surface area contributed by atoms with E-state index in [1.165, 1.54) is 18.4 Å². The highest BCUT2D eigenvalue weighted by Gasteiger charge is 2.27. The van der Waals surface area contributed by atoms with Gasteiger partial charge in [-0.05, 0) is 86.2 Å². The van der Waals surface area contributed by atoms with Crippen LogP contribution in [0.4, 0.5) is 0 Å². The Labute approximate surface area is 243 Å². The monoisotopic (exact) mass is 551 g/mol. The lowest BCUT2D eigenvalue weighted by molar-refractivity contribution is 0.0936. The molecular weight excluding hydrogens is 522 g/mol. The number of carbonyl (C=O) groups excluding carboxylic acids is 1. The Morgan fingerprint density at radius 2 is 1.79 bits per heavy atom. The zero-order chi connectivity index (χ0) is 28.2.